The van der Waals surface area contributed by atoms with Crippen molar-refractivity contribution in [2.75, 3.05) is 13.3 Å². The normalized spacial score (nSPS) is 14.5. The average molecular weight is 339 g/mol. The van der Waals surface area contributed by atoms with Crippen LogP contribution in [0.15, 0.2) is 18.2 Å². The lowest BCUT2D eigenvalue weighted by molar-refractivity contribution is -0.138. The van der Waals surface area contributed by atoms with E-state index in [-0.39, 0.29) is 13.3 Å². The lowest BCUT2D eigenvalue weighted by Gasteiger charge is -2.11. The number of carboxylic acid groups (broad SMARTS) is 1. The van der Waals surface area contributed by atoms with E-state index in [2.05, 4.69) is 0 Å². The molecule has 134 valence electrons. The van der Waals surface area contributed by atoms with E-state index < -0.39 is 23.8 Å². The van der Waals surface area contributed by atoms with Crippen LogP contribution in [0.5, 0.6) is 11.5 Å². The summed E-state index contributed by atoms with van der Waals surface area (Å²) in [6, 6.07) is 4.58. The Morgan fingerprint density at radius 2 is 1.88 bits per heavy atom. The number of carboxylic acids is 1. The lowest BCUT2D eigenvalue weighted by atomic mass is 9.98. The first-order chi connectivity index (χ1) is 11.3. The van der Waals surface area contributed by atoms with Crippen molar-refractivity contribution in [1.29, 1.82) is 0 Å². The first-order valence-corrected chi connectivity index (χ1v) is 7.63. The molecule has 1 aliphatic rings. The third-order valence-corrected chi connectivity index (χ3v) is 3.42. The molecule has 0 radical (unpaired) electrons. The fourth-order valence-corrected chi connectivity index (χ4v) is 2.16. The van der Waals surface area contributed by atoms with E-state index in [1.165, 1.54) is 0 Å². The van der Waals surface area contributed by atoms with Crippen LogP contribution in [0.3, 0.4) is 0 Å². The number of aliphatic carboxylic acids is 1. The number of carbonyl (C=O) groups excluding carboxylic acids is 1. The van der Waals surface area contributed by atoms with Crippen LogP contribution < -0.4 is 26.7 Å². The highest BCUT2D eigenvalue weighted by Gasteiger charge is 2.20. The lowest BCUT2D eigenvalue weighted by Crippen LogP contribution is -2.31. The van der Waals surface area contributed by atoms with Gasteiger partial charge >= 0.3 is 5.97 Å². The van der Waals surface area contributed by atoms with E-state index in [0.717, 1.165) is 5.56 Å². The van der Waals surface area contributed by atoms with Gasteiger partial charge in [0.05, 0.1) is 5.92 Å². The maximum absolute atomic E-state index is 11.1. The zero-order valence-electron chi connectivity index (χ0n) is 13.9. The van der Waals surface area contributed by atoms with Crippen molar-refractivity contribution in [3.8, 4) is 11.5 Å². The first kappa shape index (κ1) is 19.7. The molecule has 24 heavy (non-hydrogen) atoms. The molecule has 0 bridgehead atoms. The average Bonchev–Trinajstić information content (AvgIpc) is 2.95. The third kappa shape index (κ3) is 5.71. The summed E-state index contributed by atoms with van der Waals surface area (Å²) < 4.78 is 10.4. The van der Waals surface area contributed by atoms with Gasteiger partial charge in [0.15, 0.2) is 11.5 Å². The van der Waals surface area contributed by atoms with Gasteiger partial charge in [-0.05, 0) is 30.0 Å². The van der Waals surface area contributed by atoms with Gasteiger partial charge in [-0.3, -0.25) is 9.59 Å². The first-order valence-electron chi connectivity index (χ1n) is 7.63. The number of hydrogen-bond acceptors (Lipinski definition) is 6. The largest absolute Gasteiger partial charge is 0.480 e. The van der Waals surface area contributed by atoms with Gasteiger partial charge < -0.3 is 31.8 Å². The molecule has 8 heteroatoms. The van der Waals surface area contributed by atoms with Crippen LogP contribution in [-0.2, 0) is 9.59 Å². The molecule has 1 aliphatic heterocycles. The van der Waals surface area contributed by atoms with E-state index in [1.54, 1.807) is 18.2 Å². The fraction of sp³-hybridized carbons (Fsp3) is 0.500. The van der Waals surface area contributed by atoms with E-state index in [9.17, 15) is 9.59 Å². The molecular formula is C16H25N3O5. The zero-order valence-corrected chi connectivity index (χ0v) is 13.9. The van der Waals surface area contributed by atoms with E-state index >= 15 is 0 Å². The highest BCUT2D eigenvalue weighted by atomic mass is 16.7. The van der Waals surface area contributed by atoms with Crippen molar-refractivity contribution in [2.45, 2.75) is 32.2 Å². The number of nitrogens with two attached hydrogens (primary N) is 3. The molecule has 0 saturated carbocycles. The molecule has 0 spiro atoms. The molecule has 1 heterocycles. The smallest absolute Gasteiger partial charge is 0.320 e. The Labute approximate surface area is 140 Å². The summed E-state index contributed by atoms with van der Waals surface area (Å²) in [7, 11) is 0. The molecule has 2 atom stereocenters. The zero-order chi connectivity index (χ0) is 18.3. The highest BCUT2D eigenvalue weighted by molar-refractivity contribution is 5.82. The summed E-state index contributed by atoms with van der Waals surface area (Å²) >= 11 is 0. The van der Waals surface area contributed by atoms with Gasteiger partial charge in [0, 0.05) is 6.54 Å². The van der Waals surface area contributed by atoms with Gasteiger partial charge in [-0.25, -0.2) is 0 Å². The molecule has 0 aromatic heterocycles. The van der Waals surface area contributed by atoms with Crippen LogP contribution in [0.25, 0.3) is 0 Å². The third-order valence-electron chi connectivity index (χ3n) is 3.42. The Balaban J connectivity index is 0.000000277. The molecule has 0 aliphatic carbocycles. The minimum atomic E-state index is -0.913. The number of fused-ring (bicyclic) bond motifs is 1. The van der Waals surface area contributed by atoms with Crippen LogP contribution in [0.4, 0.5) is 0 Å². The minimum Gasteiger partial charge on any atom is -0.480 e. The summed E-state index contributed by atoms with van der Waals surface area (Å²) in [6.07, 6.45) is 0.551. The van der Waals surface area contributed by atoms with Crippen molar-refractivity contribution >= 4 is 11.9 Å². The summed E-state index contributed by atoms with van der Waals surface area (Å²) in [5.74, 6) is -0.151. The van der Waals surface area contributed by atoms with Crippen LogP contribution in [0.1, 0.15) is 31.7 Å². The van der Waals surface area contributed by atoms with Gasteiger partial charge in [0.1, 0.15) is 6.04 Å². The van der Waals surface area contributed by atoms with Crippen LogP contribution >= 0.6 is 0 Å². The number of ether oxygens (including phenoxy) is 2. The van der Waals surface area contributed by atoms with Gasteiger partial charge in [-0.15, -0.1) is 0 Å². The number of hydrogen-bond donors (Lipinski definition) is 4. The second-order valence-corrected chi connectivity index (χ2v) is 5.88. The van der Waals surface area contributed by atoms with E-state index in [4.69, 9.17) is 31.8 Å². The van der Waals surface area contributed by atoms with Gasteiger partial charge in [0.2, 0.25) is 12.7 Å². The summed E-state index contributed by atoms with van der Waals surface area (Å²) in [5, 5.41) is 8.31. The summed E-state index contributed by atoms with van der Waals surface area (Å²) in [4.78, 5) is 21.2. The number of primary amides is 1. The predicted molar refractivity (Wildman–Crippen MR) is 88.6 cm³/mol. The monoisotopic (exact) mass is 339 g/mol. The Bertz CT molecular complexity index is 577. The van der Waals surface area contributed by atoms with Crippen LogP contribution in [-0.4, -0.2) is 36.4 Å². The van der Waals surface area contributed by atoms with E-state index in [1.807, 2.05) is 13.8 Å². The molecule has 8 nitrogen and oxygen atoms in total. The van der Waals surface area contributed by atoms with Crippen molar-refractivity contribution in [3.63, 3.8) is 0 Å². The van der Waals surface area contributed by atoms with Crippen molar-refractivity contribution < 1.29 is 24.2 Å². The minimum absolute atomic E-state index is 0.189. The van der Waals surface area contributed by atoms with Gasteiger partial charge in [-0.1, -0.05) is 19.9 Å². The standard InChI is InChI=1S/C10H12N2O3.C6H13NO2/c11-4-7(10(12)13)6-1-2-8-9(3-6)15-5-14-8;1-4(2)3-5(7)6(8)9/h1-3,7H,4-5,11H2,(H2,12,13);4-5H,3,7H2,1-2H3,(H,8,9)/t;5-/m.0/s1. The Morgan fingerprint density at radius 3 is 2.33 bits per heavy atom. The molecular weight excluding hydrogens is 314 g/mol. The van der Waals surface area contributed by atoms with Gasteiger partial charge in [0.25, 0.3) is 0 Å². The van der Waals surface area contributed by atoms with Crippen LogP contribution in [0, 0.1) is 5.92 Å². The molecule has 1 aromatic carbocycles. The second-order valence-electron chi connectivity index (χ2n) is 5.88. The van der Waals surface area contributed by atoms with E-state index in [0.29, 0.717) is 23.8 Å². The quantitative estimate of drug-likeness (QED) is 0.585. The predicted octanol–water partition coefficient (Wildman–Crippen LogP) is 0.387. The number of benzene rings is 1. The topological polar surface area (TPSA) is 151 Å². The molecule has 0 saturated heterocycles. The molecule has 1 aromatic rings. The molecule has 1 unspecified atom stereocenters. The van der Waals surface area contributed by atoms with Crippen molar-refractivity contribution in [1.82, 2.24) is 0 Å². The van der Waals surface area contributed by atoms with Crippen molar-refractivity contribution in [3.05, 3.63) is 23.8 Å². The number of amides is 1. The molecule has 7 N–H and O–H groups in total. The van der Waals surface area contributed by atoms with Gasteiger partial charge in [-0.2, -0.15) is 0 Å². The SMILES string of the molecule is CC(C)C[C@H](N)C(=O)O.NCC(C(N)=O)c1ccc2c(c1)OCO2. The Kier molecular flexibility index (Phi) is 7.47. The Morgan fingerprint density at radius 1 is 1.25 bits per heavy atom. The van der Waals surface area contributed by atoms with Crippen LogP contribution in [0.2, 0.25) is 0 Å². The molecule has 0 fully saturated rings. The summed E-state index contributed by atoms with van der Waals surface area (Å²) in [6.45, 7) is 4.29. The number of carbonyl (C=O) groups is 2. The number of rotatable bonds is 6. The highest BCUT2D eigenvalue weighted by Crippen LogP contribution is 2.34. The van der Waals surface area contributed by atoms with Crippen molar-refractivity contribution in [2.24, 2.45) is 23.1 Å². The Hall–Kier alpha value is -2.32. The second kappa shape index (κ2) is 9.09. The summed E-state index contributed by atoms with van der Waals surface area (Å²) in [5.41, 5.74) is 16.7. The molecule has 1 amide bonds. The molecule has 2 rings (SSSR count). The maximum Gasteiger partial charge on any atom is 0.320 e. The fourth-order valence-electron chi connectivity index (χ4n) is 2.16. The maximum atomic E-state index is 11.1.